The number of anilines is 1. The zero-order valence-corrected chi connectivity index (χ0v) is 22.6. The molecule has 19 heteroatoms. The number of carboxylic acid groups (broad SMARTS) is 2. The van der Waals surface area contributed by atoms with Crippen LogP contribution in [0.25, 0.3) is 0 Å². The molecule has 2 aromatic rings. The number of carbonyl (C=O) groups is 4. The number of carboxylic acids is 2. The van der Waals surface area contributed by atoms with Crippen molar-refractivity contribution in [2.75, 3.05) is 31.0 Å². The number of oxime groups is 1. The SMILES string of the molecule is CON=C(C(=O)N[C@@H]1C(=O)N2C(C(=O)O)=C(CSc3nnc(COCC(=O)O)s3)CS[C@@H]12)c1csc(N)n1. The van der Waals surface area contributed by atoms with Crippen molar-refractivity contribution < 1.29 is 39.0 Å². The number of nitrogens with one attached hydrogen (secondary N) is 1. The van der Waals surface area contributed by atoms with E-state index in [1.54, 1.807) is 0 Å². The zero-order valence-electron chi connectivity index (χ0n) is 19.4. The van der Waals surface area contributed by atoms with E-state index in [0.717, 1.165) is 16.2 Å². The Morgan fingerprint density at radius 2 is 2.13 bits per heavy atom. The van der Waals surface area contributed by atoms with Crippen LogP contribution in [0.5, 0.6) is 0 Å². The lowest BCUT2D eigenvalue weighted by Gasteiger charge is -2.49. The molecule has 2 aliphatic heterocycles. The van der Waals surface area contributed by atoms with E-state index < -0.39 is 41.8 Å². The van der Waals surface area contributed by atoms with Gasteiger partial charge < -0.3 is 30.8 Å². The first-order valence-corrected chi connectivity index (χ1v) is 14.2. The van der Waals surface area contributed by atoms with Crippen LogP contribution >= 0.6 is 46.2 Å². The van der Waals surface area contributed by atoms with E-state index in [-0.39, 0.29) is 34.6 Å². The van der Waals surface area contributed by atoms with Gasteiger partial charge in [0.05, 0.1) is 0 Å². The van der Waals surface area contributed by atoms with Crippen molar-refractivity contribution in [3.05, 3.63) is 27.4 Å². The molecule has 0 spiro atoms. The maximum atomic E-state index is 13.0. The quantitative estimate of drug-likeness (QED) is 0.109. The number of aliphatic carboxylic acids is 2. The molecule has 38 heavy (non-hydrogen) atoms. The molecule has 0 radical (unpaired) electrons. The van der Waals surface area contributed by atoms with Crippen LogP contribution in [0.3, 0.4) is 0 Å². The lowest BCUT2D eigenvalue weighted by atomic mass is 10.0. The molecule has 1 fully saturated rings. The summed E-state index contributed by atoms with van der Waals surface area (Å²) in [6, 6.07) is -0.967. The van der Waals surface area contributed by atoms with Gasteiger partial charge in [0.25, 0.3) is 11.8 Å². The van der Waals surface area contributed by atoms with Crippen LogP contribution in [-0.4, -0.2) is 96.4 Å². The Balaban J connectivity index is 1.41. The fourth-order valence-corrected chi connectivity index (χ4v) is 7.29. The molecule has 0 aliphatic carbocycles. The first-order valence-electron chi connectivity index (χ1n) is 10.5. The van der Waals surface area contributed by atoms with Crippen molar-refractivity contribution in [1.82, 2.24) is 25.4 Å². The van der Waals surface area contributed by atoms with Crippen LogP contribution in [0.1, 0.15) is 10.7 Å². The molecule has 0 bridgehead atoms. The number of ether oxygens (including phenoxy) is 1. The Bertz CT molecular complexity index is 1330. The third-order valence-electron chi connectivity index (χ3n) is 4.97. The van der Waals surface area contributed by atoms with Crippen LogP contribution in [-0.2, 0) is 35.4 Å². The van der Waals surface area contributed by atoms with Crippen molar-refractivity contribution >= 4 is 80.8 Å². The van der Waals surface area contributed by atoms with Gasteiger partial charge in [0, 0.05) is 16.9 Å². The number of nitrogens with two attached hydrogens (primary N) is 1. The number of hydrogen-bond acceptors (Lipinski definition) is 15. The highest BCUT2D eigenvalue weighted by Crippen LogP contribution is 2.41. The van der Waals surface area contributed by atoms with Gasteiger partial charge in [-0.05, 0) is 5.57 Å². The number of nitrogens with zero attached hydrogens (tertiary/aromatic N) is 5. The van der Waals surface area contributed by atoms with Gasteiger partial charge >= 0.3 is 11.9 Å². The van der Waals surface area contributed by atoms with E-state index >= 15 is 0 Å². The molecular weight excluding hydrogens is 583 g/mol. The van der Waals surface area contributed by atoms with E-state index in [2.05, 4.69) is 25.7 Å². The van der Waals surface area contributed by atoms with Gasteiger partial charge in [-0.3, -0.25) is 14.5 Å². The number of hydrogen-bond donors (Lipinski definition) is 4. The summed E-state index contributed by atoms with van der Waals surface area (Å²) in [5, 5.41) is 34.3. The van der Waals surface area contributed by atoms with Crippen molar-refractivity contribution in [2.45, 2.75) is 22.4 Å². The molecule has 2 atom stereocenters. The van der Waals surface area contributed by atoms with E-state index in [0.29, 0.717) is 20.7 Å². The summed E-state index contributed by atoms with van der Waals surface area (Å²) in [7, 11) is 1.26. The Morgan fingerprint density at radius 1 is 1.34 bits per heavy atom. The Hall–Kier alpha value is -3.26. The van der Waals surface area contributed by atoms with Gasteiger partial charge in [0.15, 0.2) is 15.2 Å². The molecule has 4 heterocycles. The molecule has 2 aliphatic rings. The number of aromatic nitrogens is 3. The Morgan fingerprint density at radius 3 is 2.79 bits per heavy atom. The van der Waals surface area contributed by atoms with Gasteiger partial charge in [-0.15, -0.1) is 33.3 Å². The maximum absolute atomic E-state index is 13.0. The summed E-state index contributed by atoms with van der Waals surface area (Å²) in [5.41, 5.74) is 6.03. The number of thiazole rings is 1. The van der Waals surface area contributed by atoms with E-state index in [9.17, 15) is 24.3 Å². The predicted octanol–water partition coefficient (Wildman–Crippen LogP) is 0.0594. The fraction of sp³-hybridized carbons (Fsp3) is 0.368. The fourth-order valence-electron chi connectivity index (χ4n) is 3.43. The molecule has 5 N–H and O–H groups in total. The molecule has 1 saturated heterocycles. The summed E-state index contributed by atoms with van der Waals surface area (Å²) in [6.07, 6.45) is 0. The van der Waals surface area contributed by atoms with E-state index in [1.807, 2.05) is 0 Å². The van der Waals surface area contributed by atoms with Crippen LogP contribution < -0.4 is 11.1 Å². The zero-order chi connectivity index (χ0) is 27.4. The van der Waals surface area contributed by atoms with Gasteiger partial charge in [-0.2, -0.15) is 0 Å². The Kier molecular flexibility index (Phi) is 8.82. The predicted molar refractivity (Wildman–Crippen MR) is 138 cm³/mol. The van der Waals surface area contributed by atoms with Gasteiger partial charge in [0.2, 0.25) is 0 Å². The van der Waals surface area contributed by atoms with E-state index in [1.165, 1.54) is 47.4 Å². The largest absolute Gasteiger partial charge is 0.480 e. The molecule has 15 nitrogen and oxygen atoms in total. The highest BCUT2D eigenvalue weighted by Gasteiger charge is 2.54. The minimum Gasteiger partial charge on any atom is -0.480 e. The first-order chi connectivity index (χ1) is 18.2. The average Bonchev–Trinajstić information content (AvgIpc) is 3.52. The molecule has 2 amide bonds. The van der Waals surface area contributed by atoms with Crippen molar-refractivity contribution in [3.8, 4) is 0 Å². The third kappa shape index (κ3) is 6.07. The first kappa shape index (κ1) is 27.8. The van der Waals surface area contributed by atoms with Gasteiger partial charge in [0.1, 0.15) is 48.1 Å². The third-order valence-corrected chi connectivity index (χ3v) is 9.10. The molecule has 202 valence electrons. The van der Waals surface area contributed by atoms with Crippen LogP contribution in [0.4, 0.5) is 5.13 Å². The average molecular weight is 602 g/mol. The second kappa shape index (κ2) is 12.1. The standard InChI is InChI=1S/C19H19N7O8S4/c1-33-25-11(8-6-36-18(20)21-8)14(29)22-12-15(30)26-13(17(31)32)7(4-35-16(12)26)5-37-19-24-23-9(38-19)2-34-3-10(27)28/h6,12,16H,2-5H2,1H3,(H2,20,21)(H,22,29)(H,27,28)(H,31,32)/t12-,16+/m1/s1. The smallest absolute Gasteiger partial charge is 0.352 e. The monoisotopic (exact) mass is 601 g/mol. The summed E-state index contributed by atoms with van der Waals surface area (Å²) in [5.74, 6) is -3.09. The highest BCUT2D eigenvalue weighted by molar-refractivity contribution is 8.01. The van der Waals surface area contributed by atoms with Gasteiger partial charge in [-0.25, -0.2) is 14.6 Å². The van der Waals surface area contributed by atoms with Crippen molar-refractivity contribution in [1.29, 1.82) is 0 Å². The van der Waals surface area contributed by atoms with Crippen LogP contribution in [0.15, 0.2) is 26.1 Å². The highest BCUT2D eigenvalue weighted by atomic mass is 32.2. The van der Waals surface area contributed by atoms with Crippen molar-refractivity contribution in [2.24, 2.45) is 5.16 Å². The van der Waals surface area contributed by atoms with Gasteiger partial charge in [-0.1, -0.05) is 28.3 Å². The number of β-lactam (4-membered cyclic amide) rings is 1. The lowest BCUT2D eigenvalue weighted by Crippen LogP contribution is -2.71. The number of carbonyl (C=O) groups excluding carboxylic acids is 2. The van der Waals surface area contributed by atoms with Crippen LogP contribution in [0, 0.1) is 0 Å². The molecular formula is C19H19N7O8S4. The number of nitrogen functional groups attached to an aromatic ring is 1. The normalized spacial score (nSPS) is 19.1. The second-order valence-corrected chi connectivity index (χ2v) is 11.7. The molecule has 2 aromatic heterocycles. The number of rotatable bonds is 12. The van der Waals surface area contributed by atoms with Crippen molar-refractivity contribution in [3.63, 3.8) is 0 Å². The number of thioether (sulfide) groups is 2. The Labute approximate surface area is 230 Å². The topological polar surface area (TPSA) is 220 Å². The number of fused-ring (bicyclic) bond motifs is 1. The van der Waals surface area contributed by atoms with Crippen LogP contribution in [0.2, 0.25) is 0 Å². The van der Waals surface area contributed by atoms with E-state index in [4.69, 9.17) is 20.4 Å². The minimum atomic E-state index is -1.26. The molecule has 0 saturated carbocycles. The summed E-state index contributed by atoms with van der Waals surface area (Å²) in [4.78, 5) is 58.3. The number of amides is 2. The minimum absolute atomic E-state index is 0.00677. The maximum Gasteiger partial charge on any atom is 0.352 e. The molecule has 4 rings (SSSR count). The second-order valence-electron chi connectivity index (χ2n) is 7.45. The summed E-state index contributed by atoms with van der Waals surface area (Å²) >= 11 is 4.87. The lowest BCUT2D eigenvalue weighted by molar-refractivity contribution is -0.150. The summed E-state index contributed by atoms with van der Waals surface area (Å²) in [6.45, 7) is -0.464. The molecule has 0 aromatic carbocycles. The molecule has 0 unspecified atom stereocenters. The summed E-state index contributed by atoms with van der Waals surface area (Å²) < 4.78 is 5.52.